The minimum atomic E-state index is -0.269. The van der Waals surface area contributed by atoms with Crippen LogP contribution in [0.15, 0.2) is 97.1 Å². The molecule has 5 rings (SSSR count). The fourth-order valence-electron chi connectivity index (χ4n) is 4.27. The Labute approximate surface area is 207 Å². The molecule has 2 amide bonds. The van der Waals surface area contributed by atoms with Gasteiger partial charge in [0.1, 0.15) is 0 Å². The van der Waals surface area contributed by atoms with E-state index in [0.717, 1.165) is 39.1 Å². The van der Waals surface area contributed by atoms with Crippen LogP contribution in [0.1, 0.15) is 5.56 Å². The molecule has 0 aliphatic rings. The number of halogens is 1. The third-order valence-electron chi connectivity index (χ3n) is 6.01. The second-order valence-electron chi connectivity index (χ2n) is 8.12. The molecule has 0 fully saturated rings. The Kier molecular flexibility index (Phi) is 6.12. The number of amides is 2. The van der Waals surface area contributed by atoms with Crippen molar-refractivity contribution >= 4 is 34.4 Å². The second kappa shape index (κ2) is 9.52. The van der Waals surface area contributed by atoms with Gasteiger partial charge in [-0.25, -0.2) is 4.79 Å². The Balaban J connectivity index is 1.57. The minimum Gasteiger partial charge on any atom is -0.341 e. The lowest BCUT2D eigenvalue weighted by atomic mass is 10.0. The molecule has 0 spiro atoms. The summed E-state index contributed by atoms with van der Waals surface area (Å²) in [6.45, 7) is 0.503. The Hall–Kier alpha value is -4.29. The summed E-state index contributed by atoms with van der Waals surface area (Å²) in [5, 5.41) is 15.1. The van der Waals surface area contributed by atoms with Crippen molar-refractivity contribution in [3.8, 4) is 16.8 Å². The highest BCUT2D eigenvalue weighted by atomic mass is 35.5. The van der Waals surface area contributed by atoms with Crippen molar-refractivity contribution in [1.82, 2.24) is 14.5 Å². The number of rotatable bonds is 5. The molecule has 0 unspecified atom stereocenters. The smallest absolute Gasteiger partial charge is 0.318 e. The van der Waals surface area contributed by atoms with Crippen LogP contribution in [0.5, 0.6) is 0 Å². The van der Waals surface area contributed by atoms with Crippen LogP contribution in [0.4, 0.5) is 10.5 Å². The predicted octanol–water partition coefficient (Wildman–Crippen LogP) is 6.03. The maximum atomic E-state index is 11.9. The number of nitrogens with one attached hydrogen (secondary N) is 3. The molecule has 1 heterocycles. The van der Waals surface area contributed by atoms with Crippen LogP contribution in [0.25, 0.3) is 27.8 Å². The summed E-state index contributed by atoms with van der Waals surface area (Å²) in [5.74, 6) is 0. The average molecular weight is 482 g/mol. The standard InChI is InChI=1S/C28H24ClN5O/c1-31-28(35)32-24-11-5-3-9-22(24)19-14-16-21(17-15-19)34-26-13-7-6-12-25(26)33(27(34)30)18-20-8-2-4-10-23(20)29/h2-17,30H,18H2,1H3,(H2,31,32,35). The molecule has 1 aromatic heterocycles. The van der Waals surface area contributed by atoms with E-state index in [0.29, 0.717) is 17.2 Å². The number of aromatic nitrogens is 2. The number of fused-ring (bicyclic) bond motifs is 1. The summed E-state index contributed by atoms with van der Waals surface area (Å²) in [6, 6.07) is 31.1. The first-order valence-corrected chi connectivity index (χ1v) is 11.6. The normalized spacial score (nSPS) is 10.9. The van der Waals surface area contributed by atoms with Gasteiger partial charge in [0.05, 0.1) is 23.3 Å². The van der Waals surface area contributed by atoms with Crippen LogP contribution in [-0.4, -0.2) is 22.2 Å². The molecule has 7 heteroatoms. The van der Waals surface area contributed by atoms with Gasteiger partial charge in [-0.3, -0.25) is 9.98 Å². The maximum Gasteiger partial charge on any atom is 0.318 e. The van der Waals surface area contributed by atoms with E-state index in [1.165, 1.54) is 0 Å². The topological polar surface area (TPSA) is 74.8 Å². The number of nitrogens with zero attached hydrogens (tertiary/aromatic N) is 2. The number of benzene rings is 4. The average Bonchev–Trinajstić information content (AvgIpc) is 3.17. The molecule has 174 valence electrons. The van der Waals surface area contributed by atoms with E-state index in [1.54, 1.807) is 7.05 Å². The van der Waals surface area contributed by atoms with E-state index in [2.05, 4.69) is 10.6 Å². The van der Waals surface area contributed by atoms with Gasteiger partial charge in [0.15, 0.2) is 0 Å². The number of hydrogen-bond acceptors (Lipinski definition) is 2. The van der Waals surface area contributed by atoms with Crippen molar-refractivity contribution < 1.29 is 4.79 Å². The molecule has 0 atom stereocenters. The van der Waals surface area contributed by atoms with Crippen molar-refractivity contribution in [3.63, 3.8) is 0 Å². The molecular weight excluding hydrogens is 458 g/mol. The van der Waals surface area contributed by atoms with E-state index in [9.17, 15) is 4.79 Å². The van der Waals surface area contributed by atoms with Gasteiger partial charge in [-0.05, 0) is 47.5 Å². The number of imidazole rings is 1. The molecular formula is C28H24ClN5O. The van der Waals surface area contributed by atoms with Gasteiger partial charge < -0.3 is 15.2 Å². The summed E-state index contributed by atoms with van der Waals surface area (Å²) in [6.07, 6.45) is 0. The minimum absolute atomic E-state index is 0.269. The van der Waals surface area contributed by atoms with Crippen LogP contribution in [0, 0.1) is 5.41 Å². The lowest BCUT2D eigenvalue weighted by molar-refractivity contribution is 0.254. The van der Waals surface area contributed by atoms with Gasteiger partial charge in [-0.15, -0.1) is 0 Å². The summed E-state index contributed by atoms with van der Waals surface area (Å²) in [7, 11) is 1.59. The second-order valence-corrected chi connectivity index (χ2v) is 8.53. The summed E-state index contributed by atoms with van der Waals surface area (Å²) in [5.41, 5.74) is 6.72. The van der Waals surface area contributed by atoms with E-state index in [-0.39, 0.29) is 6.03 Å². The summed E-state index contributed by atoms with van der Waals surface area (Å²) >= 11 is 6.42. The quantitative estimate of drug-likeness (QED) is 0.281. The van der Waals surface area contributed by atoms with Gasteiger partial charge in [0, 0.05) is 23.3 Å². The van der Waals surface area contributed by atoms with Crippen LogP contribution in [0.3, 0.4) is 0 Å². The Bertz CT molecular complexity index is 1580. The zero-order valence-corrected chi connectivity index (χ0v) is 19.9. The van der Waals surface area contributed by atoms with Gasteiger partial charge in [-0.2, -0.15) is 0 Å². The number of anilines is 1. The first kappa shape index (κ1) is 22.5. The highest BCUT2D eigenvalue weighted by molar-refractivity contribution is 6.31. The SMILES string of the molecule is CNC(=O)Nc1ccccc1-c1ccc(-n2c(=N)n(Cc3ccccc3Cl)c3ccccc32)cc1. The van der Waals surface area contributed by atoms with Crippen molar-refractivity contribution in [2.24, 2.45) is 0 Å². The third-order valence-corrected chi connectivity index (χ3v) is 6.37. The number of hydrogen-bond donors (Lipinski definition) is 3. The van der Waals surface area contributed by atoms with Gasteiger partial charge in [0.2, 0.25) is 5.62 Å². The first-order chi connectivity index (χ1) is 17.1. The summed E-state index contributed by atoms with van der Waals surface area (Å²) < 4.78 is 3.90. The monoisotopic (exact) mass is 481 g/mol. The third kappa shape index (κ3) is 4.32. The molecule has 5 aromatic rings. The molecule has 3 N–H and O–H groups in total. The van der Waals surface area contributed by atoms with Gasteiger partial charge in [-0.1, -0.05) is 72.3 Å². The largest absolute Gasteiger partial charge is 0.341 e. The van der Waals surface area contributed by atoms with Crippen molar-refractivity contribution in [2.75, 3.05) is 12.4 Å². The number of carbonyl (C=O) groups is 1. The molecule has 0 bridgehead atoms. The molecule has 0 radical (unpaired) electrons. The van der Waals surface area contributed by atoms with Crippen LogP contribution >= 0.6 is 11.6 Å². The van der Waals surface area contributed by atoms with Crippen molar-refractivity contribution in [3.05, 3.63) is 113 Å². The molecule has 0 saturated heterocycles. The van der Waals surface area contributed by atoms with Crippen LogP contribution in [-0.2, 0) is 6.54 Å². The Morgan fingerprint density at radius 3 is 2.26 bits per heavy atom. The molecule has 4 aromatic carbocycles. The fourth-order valence-corrected chi connectivity index (χ4v) is 4.46. The van der Waals surface area contributed by atoms with Crippen molar-refractivity contribution in [2.45, 2.75) is 6.54 Å². The molecule has 35 heavy (non-hydrogen) atoms. The van der Waals surface area contributed by atoms with E-state index in [4.69, 9.17) is 17.0 Å². The fraction of sp³-hybridized carbons (Fsp3) is 0.0714. The molecule has 6 nitrogen and oxygen atoms in total. The highest BCUT2D eigenvalue weighted by Gasteiger charge is 2.14. The highest BCUT2D eigenvalue weighted by Crippen LogP contribution is 2.29. The number of urea groups is 1. The molecule has 0 aliphatic carbocycles. The maximum absolute atomic E-state index is 11.9. The number of carbonyl (C=O) groups excluding carboxylic acids is 1. The number of para-hydroxylation sites is 3. The van der Waals surface area contributed by atoms with Crippen molar-refractivity contribution in [1.29, 1.82) is 5.41 Å². The Morgan fingerprint density at radius 1 is 0.857 bits per heavy atom. The van der Waals surface area contributed by atoms with Gasteiger partial charge >= 0.3 is 6.03 Å². The zero-order chi connectivity index (χ0) is 24.4. The van der Waals surface area contributed by atoms with E-state index < -0.39 is 0 Å². The van der Waals surface area contributed by atoms with Crippen LogP contribution < -0.4 is 16.3 Å². The Morgan fingerprint density at radius 2 is 1.51 bits per heavy atom. The van der Waals surface area contributed by atoms with E-state index >= 15 is 0 Å². The van der Waals surface area contributed by atoms with E-state index in [1.807, 2.05) is 106 Å². The van der Waals surface area contributed by atoms with Gasteiger partial charge in [0.25, 0.3) is 0 Å². The predicted molar refractivity (Wildman–Crippen MR) is 141 cm³/mol. The lowest BCUT2D eigenvalue weighted by Gasteiger charge is -2.12. The first-order valence-electron chi connectivity index (χ1n) is 11.2. The summed E-state index contributed by atoms with van der Waals surface area (Å²) in [4.78, 5) is 11.9. The zero-order valence-electron chi connectivity index (χ0n) is 19.1. The van der Waals surface area contributed by atoms with Crippen LogP contribution in [0.2, 0.25) is 5.02 Å². The molecule has 0 saturated carbocycles. The molecule has 0 aliphatic heterocycles. The lowest BCUT2D eigenvalue weighted by Crippen LogP contribution is -2.24.